The van der Waals surface area contributed by atoms with Gasteiger partial charge in [-0.05, 0) is 53.2 Å². The van der Waals surface area contributed by atoms with Crippen LogP contribution in [-0.2, 0) is 0 Å². The Morgan fingerprint density at radius 2 is 0.737 bits per heavy atom. The summed E-state index contributed by atoms with van der Waals surface area (Å²) in [6.07, 6.45) is -1.29. The summed E-state index contributed by atoms with van der Waals surface area (Å²) < 4.78 is 0. The van der Waals surface area contributed by atoms with Gasteiger partial charge in [-0.1, -0.05) is 131 Å². The van der Waals surface area contributed by atoms with E-state index in [9.17, 15) is 0 Å². The summed E-state index contributed by atoms with van der Waals surface area (Å²) >= 11 is 0. The molecule has 38 heavy (non-hydrogen) atoms. The molecule has 5 aromatic rings. The third-order valence-electron chi connectivity index (χ3n) is 7.89. The molecule has 5 aromatic carbocycles. The van der Waals surface area contributed by atoms with Gasteiger partial charge in [0.15, 0.2) is 0 Å². The largest absolute Gasteiger partial charge is 0.325 e. The minimum absolute atomic E-state index is 1.13. The fraction of sp³-hybridized carbons (Fsp3) is 0.167. The molecule has 0 atom stereocenters. The van der Waals surface area contributed by atoms with Gasteiger partial charge in [-0.2, -0.15) is 21.9 Å². The zero-order valence-electron chi connectivity index (χ0n) is 23.8. The molecule has 0 bridgehead atoms. The highest BCUT2D eigenvalue weighted by Crippen LogP contribution is 2.14. The van der Waals surface area contributed by atoms with Gasteiger partial charge in [-0.25, -0.2) is 0 Å². The summed E-state index contributed by atoms with van der Waals surface area (Å²) in [5, 5.41) is 0. The van der Waals surface area contributed by atoms with E-state index >= 15 is 0 Å². The van der Waals surface area contributed by atoms with Crippen molar-refractivity contribution in [2.75, 3.05) is 0 Å². The van der Waals surface area contributed by atoms with Crippen LogP contribution in [0.3, 0.4) is 0 Å². The molecule has 0 saturated carbocycles. The molecule has 0 heterocycles. The zero-order valence-corrected chi connectivity index (χ0v) is 23.8. The predicted octanol–water partition coefficient (Wildman–Crippen LogP) is 5.47. The molecule has 0 saturated heterocycles. The second-order valence-corrected chi connectivity index (χ2v) is 10.9. The van der Waals surface area contributed by atoms with Crippen LogP contribution < -0.4 is 27.6 Å². The summed E-state index contributed by atoms with van der Waals surface area (Å²) in [6.45, 7) is 12.9. The highest BCUT2D eigenvalue weighted by Gasteiger charge is 2.32. The summed E-state index contributed by atoms with van der Waals surface area (Å²) in [6, 6.07) is 42.4. The van der Waals surface area contributed by atoms with Crippen molar-refractivity contribution in [3.63, 3.8) is 0 Å². The van der Waals surface area contributed by atoms with Crippen molar-refractivity contribution in [3.8, 4) is 0 Å². The number of hydrogen-bond donors (Lipinski definition) is 1. The lowest BCUT2D eigenvalue weighted by molar-refractivity contribution is -0.255. The van der Waals surface area contributed by atoms with Gasteiger partial charge >= 0.3 is 0 Å². The van der Waals surface area contributed by atoms with E-state index in [1.54, 1.807) is 0 Å². The smallest absolute Gasteiger partial charge is 0.131 e. The fourth-order valence-electron chi connectivity index (χ4n) is 5.72. The molecule has 0 unspecified atom stereocenters. The van der Waals surface area contributed by atoms with E-state index in [1.165, 1.54) is 55.2 Å². The van der Waals surface area contributed by atoms with Gasteiger partial charge < -0.3 is 5.73 Å². The quantitative estimate of drug-likeness (QED) is 0.319. The SMILES string of the molecule is Cc1cccc([B-](c2cccc(C)c2)(c2cccc(C)c2)c2cccc(C)c2)c1.Cc1cccc([NH3+])c1C. The lowest BCUT2D eigenvalue weighted by atomic mass is 9.13. The average Bonchev–Trinajstić information content (AvgIpc) is 2.89. The Hall–Kier alpha value is -3.88. The molecule has 5 rings (SSSR count). The van der Waals surface area contributed by atoms with Crippen molar-refractivity contribution in [2.24, 2.45) is 0 Å². The van der Waals surface area contributed by atoms with Crippen molar-refractivity contribution in [1.82, 2.24) is 0 Å². The molecule has 0 aromatic heterocycles. The van der Waals surface area contributed by atoms with Crippen molar-refractivity contribution in [2.45, 2.75) is 41.5 Å². The molecule has 0 aliphatic carbocycles. The summed E-state index contributed by atoms with van der Waals surface area (Å²) in [5.41, 5.74) is 18.3. The Bertz CT molecular complexity index is 1340. The number of hydrogen-bond acceptors (Lipinski definition) is 0. The van der Waals surface area contributed by atoms with E-state index in [0.29, 0.717) is 0 Å². The second-order valence-electron chi connectivity index (χ2n) is 10.9. The maximum Gasteiger partial charge on any atom is 0.131 e. The van der Waals surface area contributed by atoms with Gasteiger partial charge in [0.25, 0.3) is 0 Å². The Morgan fingerprint density at radius 3 is 1.00 bits per heavy atom. The molecule has 1 nitrogen and oxygen atoms in total. The first kappa shape index (κ1) is 27.2. The predicted molar refractivity (Wildman–Crippen MR) is 167 cm³/mol. The minimum Gasteiger partial charge on any atom is -0.325 e. The standard InChI is InChI=1S/C28H28B.C8H11N/c1-21-9-5-13-25(17-21)29(26-14-6-10-22(2)18-26,27-15-7-11-23(3)19-27)28-16-8-12-24(4)20-28;1-6-4-3-5-8(9)7(6)2/h5-20H,1-4H3;3-5H,9H2,1-2H3/q-1;/p+1. The lowest BCUT2D eigenvalue weighted by Gasteiger charge is -2.45. The normalized spacial score (nSPS) is 11.0. The van der Waals surface area contributed by atoms with Crippen LogP contribution in [0.15, 0.2) is 115 Å². The molecule has 0 amide bonds. The maximum atomic E-state index is 3.88. The van der Waals surface area contributed by atoms with Crippen molar-refractivity contribution < 1.29 is 5.73 Å². The average molecular weight is 498 g/mol. The molecular formula is C36H40BN. The maximum absolute atomic E-state index is 3.88. The van der Waals surface area contributed by atoms with Gasteiger partial charge in [-0.3, -0.25) is 0 Å². The first-order chi connectivity index (χ1) is 18.2. The third kappa shape index (κ3) is 5.66. The van der Waals surface area contributed by atoms with Gasteiger partial charge in [0, 0.05) is 5.56 Å². The zero-order chi connectivity index (χ0) is 27.3. The lowest BCUT2D eigenvalue weighted by Crippen LogP contribution is -2.75. The van der Waals surface area contributed by atoms with Crippen LogP contribution in [0.5, 0.6) is 0 Å². The van der Waals surface area contributed by atoms with Crippen LogP contribution in [0.4, 0.5) is 5.69 Å². The van der Waals surface area contributed by atoms with Crippen LogP contribution in [0.1, 0.15) is 33.4 Å². The Kier molecular flexibility index (Phi) is 8.34. The molecule has 0 spiro atoms. The highest BCUT2D eigenvalue weighted by atomic mass is 14.5. The van der Waals surface area contributed by atoms with Gasteiger partial charge in [0.1, 0.15) is 11.8 Å². The second kappa shape index (κ2) is 11.7. The molecule has 3 N–H and O–H groups in total. The molecule has 192 valence electrons. The number of rotatable bonds is 4. The van der Waals surface area contributed by atoms with Crippen molar-refractivity contribution >= 4 is 33.7 Å². The summed E-state index contributed by atoms with van der Waals surface area (Å²) in [7, 11) is 0. The molecule has 2 heteroatoms. The van der Waals surface area contributed by atoms with Crippen LogP contribution >= 0.6 is 0 Å². The van der Waals surface area contributed by atoms with Gasteiger partial charge in [0.05, 0.1) is 0 Å². The Labute approximate surface area is 229 Å². The van der Waals surface area contributed by atoms with E-state index in [-0.39, 0.29) is 0 Å². The Balaban J connectivity index is 0.000000317. The highest BCUT2D eigenvalue weighted by molar-refractivity contribution is 7.19. The number of quaternary nitrogens is 1. The molecule has 0 radical (unpaired) electrons. The first-order valence-electron chi connectivity index (χ1n) is 13.5. The number of benzene rings is 5. The van der Waals surface area contributed by atoms with E-state index in [2.05, 4.69) is 150 Å². The van der Waals surface area contributed by atoms with E-state index in [1.807, 2.05) is 12.1 Å². The molecule has 0 aliphatic heterocycles. The van der Waals surface area contributed by atoms with Crippen molar-refractivity contribution in [3.05, 3.63) is 149 Å². The van der Waals surface area contributed by atoms with Gasteiger partial charge in [0.2, 0.25) is 0 Å². The van der Waals surface area contributed by atoms with Crippen LogP contribution in [0.25, 0.3) is 0 Å². The Morgan fingerprint density at radius 1 is 0.421 bits per heavy atom. The van der Waals surface area contributed by atoms with E-state index in [4.69, 9.17) is 0 Å². The van der Waals surface area contributed by atoms with E-state index in [0.717, 1.165) is 5.69 Å². The summed E-state index contributed by atoms with van der Waals surface area (Å²) in [5.74, 6) is 0. The molecule has 0 fully saturated rings. The van der Waals surface area contributed by atoms with Crippen LogP contribution in [-0.4, -0.2) is 6.15 Å². The van der Waals surface area contributed by atoms with Crippen LogP contribution in [0.2, 0.25) is 0 Å². The fourth-order valence-corrected chi connectivity index (χ4v) is 5.72. The molecular weight excluding hydrogens is 457 g/mol. The van der Waals surface area contributed by atoms with Gasteiger partial charge in [-0.15, -0.1) is 0 Å². The minimum atomic E-state index is -1.29. The first-order valence-corrected chi connectivity index (χ1v) is 13.5. The number of aryl methyl sites for hydroxylation is 5. The molecule has 0 aliphatic rings. The van der Waals surface area contributed by atoms with Crippen molar-refractivity contribution in [1.29, 1.82) is 0 Å². The van der Waals surface area contributed by atoms with Crippen LogP contribution in [0, 0.1) is 41.5 Å². The topological polar surface area (TPSA) is 27.6 Å². The summed E-state index contributed by atoms with van der Waals surface area (Å²) in [4.78, 5) is 0. The third-order valence-corrected chi connectivity index (χ3v) is 7.89. The van der Waals surface area contributed by atoms with E-state index < -0.39 is 6.15 Å². The monoisotopic (exact) mass is 497 g/mol.